The van der Waals surface area contributed by atoms with Crippen molar-refractivity contribution >= 4 is 11.9 Å². The van der Waals surface area contributed by atoms with Gasteiger partial charge in [0.1, 0.15) is 12.2 Å². The van der Waals surface area contributed by atoms with Gasteiger partial charge in [0.25, 0.3) is 0 Å². The highest BCUT2D eigenvalue weighted by atomic mass is 16.6. The SMILES string of the molecule is COC(=O)C[C@H]1[C@]2(C)C3=C(C)[C@H](c4ccoc4)C[C@H]3O[C@@H]2[C@@H]2OC(=O)[C@]3(C)C=C[C@@H](O)[C@@]1(C)[C@@H]23. The molecule has 1 N–H and O–H groups in total. The first-order valence-corrected chi connectivity index (χ1v) is 12.1. The van der Waals surface area contributed by atoms with E-state index in [1.165, 1.54) is 18.3 Å². The highest BCUT2D eigenvalue weighted by molar-refractivity contribution is 5.83. The molecule has 5 aliphatic rings. The van der Waals surface area contributed by atoms with Crippen molar-refractivity contribution in [3.63, 3.8) is 0 Å². The van der Waals surface area contributed by atoms with Gasteiger partial charge in [-0.25, -0.2) is 0 Å². The van der Waals surface area contributed by atoms with E-state index in [4.69, 9.17) is 18.6 Å². The molecule has 1 aromatic rings. The number of furan rings is 1. The third-order valence-corrected chi connectivity index (χ3v) is 10.1. The second kappa shape index (κ2) is 6.85. The van der Waals surface area contributed by atoms with Crippen LogP contribution >= 0.6 is 0 Å². The lowest BCUT2D eigenvalue weighted by Gasteiger charge is -2.61. The zero-order valence-electron chi connectivity index (χ0n) is 20.2. The first-order chi connectivity index (χ1) is 16.1. The molecular formula is C27H32O7. The maximum Gasteiger partial charge on any atom is 0.316 e. The highest BCUT2D eigenvalue weighted by Gasteiger charge is 2.77. The molecule has 182 valence electrons. The number of fused-ring (bicyclic) bond motifs is 4. The minimum atomic E-state index is -0.877. The van der Waals surface area contributed by atoms with Crippen molar-refractivity contribution in [2.75, 3.05) is 7.11 Å². The fourth-order valence-electron chi connectivity index (χ4n) is 8.61. The Balaban J connectivity index is 1.57. The number of aliphatic hydroxyl groups is 1. The summed E-state index contributed by atoms with van der Waals surface area (Å²) < 4.78 is 23.3. The van der Waals surface area contributed by atoms with Gasteiger partial charge >= 0.3 is 11.9 Å². The third-order valence-electron chi connectivity index (χ3n) is 10.1. The molecule has 6 rings (SSSR count). The van der Waals surface area contributed by atoms with Gasteiger partial charge in [-0.05, 0) is 43.4 Å². The van der Waals surface area contributed by atoms with E-state index in [9.17, 15) is 14.7 Å². The molecular weight excluding hydrogens is 436 g/mol. The molecule has 34 heavy (non-hydrogen) atoms. The molecule has 0 spiro atoms. The maximum absolute atomic E-state index is 13.2. The molecule has 7 heteroatoms. The second-order valence-corrected chi connectivity index (χ2v) is 11.4. The monoisotopic (exact) mass is 468 g/mol. The van der Waals surface area contributed by atoms with Crippen LogP contribution in [0.2, 0.25) is 0 Å². The predicted molar refractivity (Wildman–Crippen MR) is 120 cm³/mol. The molecule has 0 aromatic carbocycles. The van der Waals surface area contributed by atoms with Gasteiger partial charge in [0, 0.05) is 29.1 Å². The van der Waals surface area contributed by atoms with Crippen molar-refractivity contribution in [3.05, 3.63) is 47.5 Å². The summed E-state index contributed by atoms with van der Waals surface area (Å²) in [6.45, 7) is 8.17. The highest BCUT2D eigenvalue weighted by Crippen LogP contribution is 2.72. The second-order valence-electron chi connectivity index (χ2n) is 11.4. The van der Waals surface area contributed by atoms with Crippen LogP contribution in [0.25, 0.3) is 0 Å². The molecule has 3 heterocycles. The summed E-state index contributed by atoms with van der Waals surface area (Å²) in [6.07, 6.45) is 5.99. The Hall–Kier alpha value is -2.38. The van der Waals surface area contributed by atoms with Crippen molar-refractivity contribution in [1.29, 1.82) is 0 Å². The molecule has 3 aliphatic carbocycles. The van der Waals surface area contributed by atoms with Gasteiger partial charge in [0.15, 0.2) is 0 Å². The van der Waals surface area contributed by atoms with Gasteiger partial charge in [-0.1, -0.05) is 31.6 Å². The predicted octanol–water partition coefficient (Wildman–Crippen LogP) is 3.53. The number of carbonyl (C=O) groups is 2. The Kier molecular flexibility index (Phi) is 4.45. The van der Waals surface area contributed by atoms with Crippen molar-refractivity contribution in [1.82, 2.24) is 0 Å². The quantitative estimate of drug-likeness (QED) is 0.536. The molecule has 10 atom stereocenters. The smallest absolute Gasteiger partial charge is 0.316 e. The van der Waals surface area contributed by atoms with Gasteiger partial charge in [-0.15, -0.1) is 0 Å². The first kappa shape index (κ1) is 22.1. The van der Waals surface area contributed by atoms with Gasteiger partial charge in [0.05, 0.1) is 37.3 Å². The molecule has 0 unspecified atom stereocenters. The van der Waals surface area contributed by atoms with E-state index in [1.807, 2.05) is 19.9 Å². The van der Waals surface area contributed by atoms with Gasteiger partial charge in [-0.3, -0.25) is 9.59 Å². The Bertz CT molecular complexity index is 1120. The zero-order valence-corrected chi connectivity index (χ0v) is 20.2. The minimum Gasteiger partial charge on any atom is -0.472 e. The standard InChI is InChI=1S/C27H32O7/c1-13-15(14-7-9-32-12-14)10-16-20(13)27(4)17(11-19(29)31-5)26(3)18(28)6-8-25(2)22(26)21(23(27)33-16)34-24(25)30/h6-9,12,15-18,21-23,28H,10-11H2,1-5H3/t15-,16-,17-,18-,21-,22+,23-,25-,26+,27-/m1/s1. The molecule has 7 nitrogen and oxygen atoms in total. The minimum absolute atomic E-state index is 0.127. The van der Waals surface area contributed by atoms with Crippen LogP contribution in [-0.2, 0) is 23.8 Å². The normalized spacial score (nSPS) is 48.4. The van der Waals surface area contributed by atoms with E-state index in [2.05, 4.69) is 13.8 Å². The molecule has 1 saturated carbocycles. The van der Waals surface area contributed by atoms with Crippen molar-refractivity contribution < 1.29 is 33.3 Å². The van der Waals surface area contributed by atoms with Crippen LogP contribution in [0.3, 0.4) is 0 Å². The van der Waals surface area contributed by atoms with Crippen LogP contribution in [0.5, 0.6) is 0 Å². The molecule has 0 bridgehead atoms. The van der Waals surface area contributed by atoms with Crippen LogP contribution < -0.4 is 0 Å². The van der Waals surface area contributed by atoms with Crippen molar-refractivity contribution in [2.24, 2.45) is 28.1 Å². The van der Waals surface area contributed by atoms with Gasteiger partial charge in [0.2, 0.25) is 0 Å². The third kappa shape index (κ3) is 2.40. The maximum atomic E-state index is 13.2. The summed E-state index contributed by atoms with van der Waals surface area (Å²) in [5.41, 5.74) is 1.20. The molecule has 2 aliphatic heterocycles. The lowest BCUT2D eigenvalue weighted by atomic mass is 9.41. The zero-order chi connectivity index (χ0) is 24.2. The largest absolute Gasteiger partial charge is 0.472 e. The average molecular weight is 469 g/mol. The Morgan fingerprint density at radius 1 is 1.29 bits per heavy atom. The Morgan fingerprint density at radius 3 is 2.74 bits per heavy atom. The number of esters is 2. The molecule has 1 aromatic heterocycles. The van der Waals surface area contributed by atoms with Gasteiger partial charge < -0.3 is 23.7 Å². The van der Waals surface area contributed by atoms with Crippen molar-refractivity contribution in [2.45, 2.75) is 70.9 Å². The lowest BCUT2D eigenvalue weighted by molar-refractivity contribution is -0.207. The summed E-state index contributed by atoms with van der Waals surface area (Å²) >= 11 is 0. The Morgan fingerprint density at radius 2 is 2.06 bits per heavy atom. The van der Waals surface area contributed by atoms with E-state index in [0.717, 1.165) is 12.0 Å². The number of carbonyl (C=O) groups excluding carboxylic acids is 2. The van der Waals surface area contributed by atoms with E-state index in [0.29, 0.717) is 0 Å². The number of aliphatic hydroxyl groups excluding tert-OH is 1. The molecule has 0 radical (unpaired) electrons. The number of ether oxygens (including phenoxy) is 3. The first-order valence-electron chi connectivity index (χ1n) is 12.1. The summed E-state index contributed by atoms with van der Waals surface area (Å²) in [5, 5.41) is 11.5. The number of hydrogen-bond donors (Lipinski definition) is 1. The van der Waals surface area contributed by atoms with Gasteiger partial charge in [-0.2, -0.15) is 0 Å². The Labute approximate surface area is 199 Å². The number of rotatable bonds is 3. The number of allylic oxidation sites excluding steroid dienone is 1. The summed E-state index contributed by atoms with van der Waals surface area (Å²) in [6, 6.07) is 1.99. The average Bonchev–Trinajstić information content (AvgIpc) is 3.54. The van der Waals surface area contributed by atoms with E-state index in [-0.39, 0.29) is 42.2 Å². The van der Waals surface area contributed by atoms with E-state index < -0.39 is 34.6 Å². The molecule has 2 saturated heterocycles. The van der Waals surface area contributed by atoms with Crippen LogP contribution in [0.15, 0.2) is 46.3 Å². The number of hydrogen-bond acceptors (Lipinski definition) is 7. The van der Waals surface area contributed by atoms with Crippen LogP contribution in [-0.4, -0.2) is 48.6 Å². The molecule has 0 amide bonds. The van der Waals surface area contributed by atoms with E-state index in [1.54, 1.807) is 24.7 Å². The number of methoxy groups -OCH3 is 1. The van der Waals surface area contributed by atoms with Crippen LogP contribution in [0.1, 0.15) is 52.0 Å². The fourth-order valence-corrected chi connectivity index (χ4v) is 8.61. The topological polar surface area (TPSA) is 95.2 Å². The summed E-state index contributed by atoms with van der Waals surface area (Å²) in [7, 11) is 1.39. The lowest BCUT2D eigenvalue weighted by Crippen LogP contribution is -2.67. The summed E-state index contributed by atoms with van der Waals surface area (Å²) in [5.74, 6) is -1.09. The van der Waals surface area contributed by atoms with Crippen LogP contribution in [0.4, 0.5) is 0 Å². The van der Waals surface area contributed by atoms with Crippen molar-refractivity contribution in [3.8, 4) is 0 Å². The van der Waals surface area contributed by atoms with E-state index >= 15 is 0 Å². The fraction of sp³-hybridized carbons (Fsp3) is 0.630. The molecule has 3 fully saturated rings. The van der Waals surface area contributed by atoms with Crippen LogP contribution in [0, 0.1) is 28.1 Å². The summed E-state index contributed by atoms with van der Waals surface area (Å²) in [4.78, 5) is 26.0.